The molecule has 0 aromatic carbocycles. The smallest absolute Gasteiger partial charge is 0.263 e. The monoisotopic (exact) mass is 321 g/mol. The van der Waals surface area contributed by atoms with Crippen LogP contribution in [0.15, 0.2) is 12.4 Å². The minimum atomic E-state index is -0.276. The standard InChI is InChI=1S/C14H19N5O2S/c1-7-12(22-14(15)17-7)13(21)18-11(8-3-10(20)4-8)9-5-16-19(2)6-9/h5-6,8,10-11,20H,3-4H2,1-2H3,(H2,15,17)(H,18,21)/t8?,10?,11-/m0/s1. The number of nitrogens with two attached hydrogens (primary N) is 1. The lowest BCUT2D eigenvalue weighted by molar-refractivity contribution is 0.0235. The fourth-order valence-electron chi connectivity index (χ4n) is 2.81. The molecule has 2 aromatic heterocycles. The highest BCUT2D eigenvalue weighted by molar-refractivity contribution is 7.17. The maximum atomic E-state index is 12.5. The van der Waals surface area contributed by atoms with E-state index >= 15 is 0 Å². The van der Waals surface area contributed by atoms with E-state index in [1.165, 1.54) is 11.3 Å². The Morgan fingerprint density at radius 1 is 1.59 bits per heavy atom. The van der Waals surface area contributed by atoms with Crippen LogP contribution in [0.3, 0.4) is 0 Å². The quantitative estimate of drug-likeness (QED) is 0.779. The SMILES string of the molecule is Cc1nc(N)sc1C(=O)N[C@H](c1cnn(C)c1)C1CC(O)C1. The molecule has 1 saturated carbocycles. The van der Waals surface area contributed by atoms with Crippen molar-refractivity contribution in [3.05, 3.63) is 28.5 Å². The van der Waals surface area contributed by atoms with Crippen LogP contribution >= 0.6 is 11.3 Å². The Labute approximate surface area is 132 Å². The molecule has 2 heterocycles. The Balaban J connectivity index is 1.81. The first-order valence-corrected chi connectivity index (χ1v) is 7.96. The molecule has 3 rings (SSSR count). The van der Waals surface area contributed by atoms with Crippen molar-refractivity contribution in [1.29, 1.82) is 0 Å². The second kappa shape index (κ2) is 5.69. The highest BCUT2D eigenvalue weighted by Gasteiger charge is 2.36. The lowest BCUT2D eigenvalue weighted by Crippen LogP contribution is -2.41. The number of aliphatic hydroxyl groups excluding tert-OH is 1. The summed E-state index contributed by atoms with van der Waals surface area (Å²) in [5, 5.41) is 17.2. The normalized spacial score (nSPS) is 22.1. The maximum absolute atomic E-state index is 12.5. The molecule has 118 valence electrons. The Hall–Kier alpha value is -1.93. The van der Waals surface area contributed by atoms with Gasteiger partial charge in [0, 0.05) is 18.8 Å². The van der Waals surface area contributed by atoms with Crippen molar-refractivity contribution in [3.63, 3.8) is 0 Å². The molecule has 1 aliphatic carbocycles. The Morgan fingerprint density at radius 3 is 2.82 bits per heavy atom. The average molecular weight is 321 g/mol. The van der Waals surface area contributed by atoms with Crippen LogP contribution in [-0.4, -0.2) is 31.9 Å². The number of amides is 1. The number of carbonyl (C=O) groups is 1. The molecule has 0 radical (unpaired) electrons. The summed E-state index contributed by atoms with van der Waals surface area (Å²) in [6.07, 6.45) is 4.74. The van der Waals surface area contributed by atoms with Gasteiger partial charge >= 0.3 is 0 Å². The fraction of sp³-hybridized carbons (Fsp3) is 0.500. The van der Waals surface area contributed by atoms with E-state index in [9.17, 15) is 9.90 Å². The summed E-state index contributed by atoms with van der Waals surface area (Å²) in [7, 11) is 1.84. The summed E-state index contributed by atoms with van der Waals surface area (Å²) >= 11 is 1.19. The van der Waals surface area contributed by atoms with Gasteiger partial charge in [-0.05, 0) is 25.7 Å². The molecule has 1 fully saturated rings. The molecule has 2 aromatic rings. The molecule has 22 heavy (non-hydrogen) atoms. The van der Waals surface area contributed by atoms with Crippen LogP contribution in [0.2, 0.25) is 0 Å². The second-order valence-corrected chi connectivity index (χ2v) is 6.78. The number of nitrogen functional groups attached to an aromatic ring is 1. The van der Waals surface area contributed by atoms with Crippen molar-refractivity contribution in [1.82, 2.24) is 20.1 Å². The van der Waals surface area contributed by atoms with Gasteiger partial charge in [-0.25, -0.2) is 4.98 Å². The van der Waals surface area contributed by atoms with Crippen molar-refractivity contribution in [2.75, 3.05) is 5.73 Å². The Bertz CT molecular complexity index is 689. The van der Waals surface area contributed by atoms with Crippen LogP contribution < -0.4 is 11.1 Å². The van der Waals surface area contributed by atoms with Gasteiger partial charge in [0.2, 0.25) is 0 Å². The predicted octanol–water partition coefficient (Wildman–Crippen LogP) is 1.01. The zero-order chi connectivity index (χ0) is 15.9. The Morgan fingerprint density at radius 2 is 2.32 bits per heavy atom. The molecule has 1 aliphatic rings. The third-order valence-electron chi connectivity index (χ3n) is 4.01. The average Bonchev–Trinajstić information content (AvgIpc) is 2.98. The van der Waals surface area contributed by atoms with Gasteiger partial charge in [0.1, 0.15) is 4.88 Å². The third kappa shape index (κ3) is 2.84. The summed E-state index contributed by atoms with van der Waals surface area (Å²) in [6, 6.07) is -0.160. The summed E-state index contributed by atoms with van der Waals surface area (Å²) in [6.45, 7) is 1.77. The second-order valence-electron chi connectivity index (χ2n) is 5.75. The minimum absolute atomic E-state index is 0.160. The van der Waals surface area contributed by atoms with E-state index in [-0.39, 0.29) is 24.0 Å². The van der Waals surface area contributed by atoms with Gasteiger partial charge in [-0.1, -0.05) is 11.3 Å². The van der Waals surface area contributed by atoms with Crippen molar-refractivity contribution < 1.29 is 9.90 Å². The summed E-state index contributed by atoms with van der Waals surface area (Å²) in [5.41, 5.74) is 7.24. The van der Waals surface area contributed by atoms with Crippen LogP contribution in [0, 0.1) is 12.8 Å². The van der Waals surface area contributed by atoms with Crippen LogP contribution in [0.5, 0.6) is 0 Å². The topological polar surface area (TPSA) is 106 Å². The van der Waals surface area contributed by atoms with Crippen LogP contribution in [0.4, 0.5) is 5.13 Å². The Kier molecular flexibility index (Phi) is 3.88. The molecule has 0 bridgehead atoms. The van der Waals surface area contributed by atoms with E-state index in [2.05, 4.69) is 15.4 Å². The first-order valence-electron chi connectivity index (χ1n) is 7.14. The summed E-state index contributed by atoms with van der Waals surface area (Å²) in [4.78, 5) is 17.1. The number of nitrogens with one attached hydrogen (secondary N) is 1. The zero-order valence-electron chi connectivity index (χ0n) is 12.5. The van der Waals surface area contributed by atoms with E-state index in [1.807, 2.05) is 13.2 Å². The van der Waals surface area contributed by atoms with Crippen LogP contribution in [0.1, 0.15) is 39.8 Å². The zero-order valence-corrected chi connectivity index (χ0v) is 13.3. The molecule has 0 aliphatic heterocycles. The molecule has 1 amide bonds. The van der Waals surface area contributed by atoms with Crippen LogP contribution in [0.25, 0.3) is 0 Å². The molecular weight excluding hydrogens is 302 g/mol. The molecule has 7 nitrogen and oxygen atoms in total. The number of aromatic nitrogens is 3. The van der Waals surface area contributed by atoms with Crippen molar-refractivity contribution in [3.8, 4) is 0 Å². The van der Waals surface area contributed by atoms with Crippen molar-refractivity contribution in [2.45, 2.75) is 31.9 Å². The first kappa shape index (κ1) is 15.0. The summed E-state index contributed by atoms with van der Waals surface area (Å²) < 4.78 is 1.71. The molecule has 0 saturated heterocycles. The molecule has 4 N–H and O–H groups in total. The number of hydrogen-bond donors (Lipinski definition) is 3. The molecule has 0 unspecified atom stereocenters. The van der Waals surface area contributed by atoms with E-state index in [0.29, 0.717) is 28.5 Å². The number of rotatable bonds is 4. The molecular formula is C14H19N5O2S. The fourth-order valence-corrected chi connectivity index (χ4v) is 3.55. The molecule has 0 spiro atoms. The lowest BCUT2D eigenvalue weighted by atomic mass is 9.75. The van der Waals surface area contributed by atoms with Crippen LogP contribution in [-0.2, 0) is 7.05 Å². The van der Waals surface area contributed by atoms with E-state index in [0.717, 1.165) is 5.56 Å². The molecule has 8 heteroatoms. The minimum Gasteiger partial charge on any atom is -0.393 e. The number of thiazole rings is 1. The van der Waals surface area contributed by atoms with Gasteiger partial charge in [-0.3, -0.25) is 9.48 Å². The van der Waals surface area contributed by atoms with E-state index in [1.54, 1.807) is 17.8 Å². The highest BCUT2D eigenvalue weighted by Crippen LogP contribution is 2.38. The van der Waals surface area contributed by atoms with Gasteiger partial charge in [-0.2, -0.15) is 5.10 Å². The number of anilines is 1. The third-order valence-corrected chi connectivity index (χ3v) is 5.00. The summed E-state index contributed by atoms with van der Waals surface area (Å²) in [5.74, 6) is 0.0377. The number of carbonyl (C=O) groups excluding carboxylic acids is 1. The van der Waals surface area contributed by atoms with Gasteiger partial charge < -0.3 is 16.2 Å². The molecule has 1 atom stereocenters. The number of hydrogen-bond acceptors (Lipinski definition) is 6. The maximum Gasteiger partial charge on any atom is 0.263 e. The number of nitrogens with zero attached hydrogens (tertiary/aromatic N) is 3. The van der Waals surface area contributed by atoms with Gasteiger partial charge in [0.05, 0.1) is 24.0 Å². The number of aryl methyl sites for hydroxylation is 2. The predicted molar refractivity (Wildman–Crippen MR) is 83.4 cm³/mol. The first-order chi connectivity index (χ1) is 10.4. The van der Waals surface area contributed by atoms with E-state index in [4.69, 9.17) is 5.73 Å². The van der Waals surface area contributed by atoms with Crippen molar-refractivity contribution >= 4 is 22.4 Å². The van der Waals surface area contributed by atoms with Crippen molar-refractivity contribution in [2.24, 2.45) is 13.0 Å². The largest absolute Gasteiger partial charge is 0.393 e. The van der Waals surface area contributed by atoms with E-state index < -0.39 is 0 Å². The van der Waals surface area contributed by atoms with Gasteiger partial charge in [0.15, 0.2) is 5.13 Å². The highest BCUT2D eigenvalue weighted by atomic mass is 32.1. The number of aliphatic hydroxyl groups is 1. The lowest BCUT2D eigenvalue weighted by Gasteiger charge is -2.37. The van der Waals surface area contributed by atoms with Gasteiger partial charge in [0.25, 0.3) is 5.91 Å². The van der Waals surface area contributed by atoms with Gasteiger partial charge in [-0.15, -0.1) is 0 Å².